The number of imidazole rings is 1. The number of rotatable bonds is 4. The third-order valence-electron chi connectivity index (χ3n) is 9.21. The number of aromatic nitrogens is 2. The van der Waals surface area contributed by atoms with Gasteiger partial charge in [0.15, 0.2) is 0 Å². The molecule has 7 aromatic carbocycles. The molecule has 3 aromatic heterocycles. The molecule has 0 aliphatic carbocycles. The molecule has 0 bridgehead atoms. The molecule has 0 spiro atoms. The molecule has 0 amide bonds. The number of benzene rings is 7. The van der Waals surface area contributed by atoms with Gasteiger partial charge in [-0.05, 0) is 65.2 Å². The normalized spacial score (nSPS) is 11.8. The highest BCUT2D eigenvalue weighted by Gasteiger charge is 2.22. The summed E-state index contributed by atoms with van der Waals surface area (Å²) < 4.78 is 15.3. The third-order valence-corrected chi connectivity index (χ3v) is 9.21. The van der Waals surface area contributed by atoms with E-state index in [1.165, 1.54) is 0 Å². The second-order valence-electron chi connectivity index (χ2n) is 12.0. The minimum Gasteiger partial charge on any atom is -0.456 e. The second kappa shape index (κ2) is 10.1. The number of hydrogen-bond acceptors (Lipinski definition) is 3. The second-order valence-corrected chi connectivity index (χ2v) is 12.0. The van der Waals surface area contributed by atoms with Crippen LogP contribution < -0.4 is 0 Å². The van der Waals surface area contributed by atoms with Crippen molar-refractivity contribution < 1.29 is 8.83 Å². The third kappa shape index (κ3) is 3.98. The molecule has 0 unspecified atom stereocenters. The van der Waals surface area contributed by atoms with Gasteiger partial charge in [0.2, 0.25) is 0 Å². The van der Waals surface area contributed by atoms with Crippen molar-refractivity contribution >= 4 is 54.9 Å². The molecular weight excluding hydrogens is 576 g/mol. The van der Waals surface area contributed by atoms with E-state index in [2.05, 4.69) is 138 Å². The van der Waals surface area contributed by atoms with Crippen LogP contribution in [0.4, 0.5) is 0 Å². The van der Waals surface area contributed by atoms with E-state index in [0.29, 0.717) is 0 Å². The van der Waals surface area contributed by atoms with Crippen molar-refractivity contribution in [3.63, 3.8) is 0 Å². The molecule has 4 nitrogen and oxygen atoms in total. The Morgan fingerprint density at radius 1 is 0.447 bits per heavy atom. The number of hydrogen-bond donors (Lipinski definition) is 0. The van der Waals surface area contributed by atoms with Crippen LogP contribution in [-0.4, -0.2) is 9.55 Å². The lowest BCUT2D eigenvalue weighted by Crippen LogP contribution is -1.98. The standard InChI is InChI=1S/C43H26N2O2/c1-3-12-27(13-4-1)29-24-34(28-14-5-2-6-15-28)42-35(25-29)41-33(17-11-21-39(41)47-42)43-44-36-18-8-9-19-37(36)45(43)30-22-23-32-31-16-7-10-20-38(31)46-40(32)26-30/h1-26H. The topological polar surface area (TPSA) is 44.1 Å². The van der Waals surface area contributed by atoms with Crippen LogP contribution >= 0.6 is 0 Å². The molecule has 3 heterocycles. The minimum absolute atomic E-state index is 0.825. The minimum atomic E-state index is 0.825. The van der Waals surface area contributed by atoms with Crippen LogP contribution in [0.5, 0.6) is 0 Å². The summed E-state index contributed by atoms with van der Waals surface area (Å²) in [4.78, 5) is 5.27. The first-order valence-electron chi connectivity index (χ1n) is 15.8. The zero-order chi connectivity index (χ0) is 30.9. The van der Waals surface area contributed by atoms with Gasteiger partial charge in [-0.15, -0.1) is 0 Å². The molecule has 0 aliphatic heterocycles. The van der Waals surface area contributed by atoms with Gasteiger partial charge in [-0.1, -0.05) is 103 Å². The molecule has 47 heavy (non-hydrogen) atoms. The van der Waals surface area contributed by atoms with Crippen LogP contribution in [0.2, 0.25) is 0 Å². The first-order chi connectivity index (χ1) is 23.3. The SMILES string of the molecule is c1ccc(-c2cc(-c3ccccc3)c3oc4cccc(-c5nc6ccccc6n5-c5ccc6c(c5)oc5ccccc56)c4c3c2)cc1. The van der Waals surface area contributed by atoms with Crippen LogP contribution in [0.15, 0.2) is 167 Å². The van der Waals surface area contributed by atoms with Crippen molar-refractivity contribution in [2.75, 3.05) is 0 Å². The van der Waals surface area contributed by atoms with E-state index in [9.17, 15) is 0 Å². The molecule has 0 radical (unpaired) electrons. The van der Waals surface area contributed by atoms with Crippen LogP contribution in [0, 0.1) is 0 Å². The highest BCUT2D eigenvalue weighted by molar-refractivity contribution is 6.16. The van der Waals surface area contributed by atoms with Crippen molar-refractivity contribution in [2.45, 2.75) is 0 Å². The van der Waals surface area contributed by atoms with Crippen molar-refractivity contribution in [3.05, 3.63) is 158 Å². The van der Waals surface area contributed by atoms with Crippen molar-refractivity contribution in [1.82, 2.24) is 9.55 Å². The molecule has 0 fully saturated rings. The maximum atomic E-state index is 6.75. The van der Waals surface area contributed by atoms with E-state index in [-0.39, 0.29) is 0 Å². The summed E-state index contributed by atoms with van der Waals surface area (Å²) in [5, 5.41) is 4.31. The van der Waals surface area contributed by atoms with Crippen LogP contribution in [0.3, 0.4) is 0 Å². The molecule has 0 atom stereocenters. The number of fused-ring (bicyclic) bond motifs is 7. The van der Waals surface area contributed by atoms with E-state index in [1.807, 2.05) is 24.3 Å². The molecule has 0 N–H and O–H groups in total. The number of nitrogens with zero attached hydrogens (tertiary/aromatic N) is 2. The van der Waals surface area contributed by atoms with Gasteiger partial charge in [-0.2, -0.15) is 0 Å². The van der Waals surface area contributed by atoms with E-state index in [1.54, 1.807) is 0 Å². The average Bonchev–Trinajstić information content (AvgIpc) is 3.83. The molecule has 0 aliphatic rings. The van der Waals surface area contributed by atoms with Gasteiger partial charge in [0.1, 0.15) is 28.2 Å². The highest BCUT2D eigenvalue weighted by Crippen LogP contribution is 2.44. The van der Waals surface area contributed by atoms with Crippen molar-refractivity contribution in [2.24, 2.45) is 0 Å². The summed E-state index contributed by atoms with van der Waals surface area (Å²) in [7, 11) is 0. The Kier molecular flexibility index (Phi) is 5.54. The molecule has 4 heteroatoms. The van der Waals surface area contributed by atoms with Crippen LogP contribution in [0.25, 0.3) is 94.2 Å². The summed E-state index contributed by atoms with van der Waals surface area (Å²) in [5.41, 5.74) is 11.8. The maximum Gasteiger partial charge on any atom is 0.146 e. The van der Waals surface area contributed by atoms with Crippen molar-refractivity contribution in [3.8, 4) is 39.3 Å². The first-order valence-corrected chi connectivity index (χ1v) is 15.8. The fourth-order valence-corrected chi connectivity index (χ4v) is 7.07. The Labute approximate surface area is 269 Å². The van der Waals surface area contributed by atoms with Crippen LogP contribution in [0.1, 0.15) is 0 Å². The summed E-state index contributed by atoms with van der Waals surface area (Å²) in [5.74, 6) is 0.848. The molecular formula is C43H26N2O2. The lowest BCUT2D eigenvalue weighted by atomic mass is 9.95. The molecule has 10 aromatic rings. The van der Waals surface area contributed by atoms with E-state index >= 15 is 0 Å². The average molecular weight is 603 g/mol. The Bertz CT molecular complexity index is 2790. The van der Waals surface area contributed by atoms with Crippen LogP contribution in [-0.2, 0) is 0 Å². The molecule has 10 rings (SSSR count). The van der Waals surface area contributed by atoms with Crippen molar-refractivity contribution in [1.29, 1.82) is 0 Å². The van der Waals surface area contributed by atoms with Gasteiger partial charge in [-0.3, -0.25) is 4.57 Å². The predicted octanol–water partition coefficient (Wildman–Crippen LogP) is 11.8. The Hall–Kier alpha value is -6.39. The summed E-state index contributed by atoms with van der Waals surface area (Å²) in [6.45, 7) is 0. The largest absolute Gasteiger partial charge is 0.456 e. The zero-order valence-electron chi connectivity index (χ0n) is 25.2. The van der Waals surface area contributed by atoms with Gasteiger partial charge in [-0.25, -0.2) is 4.98 Å². The summed E-state index contributed by atoms with van der Waals surface area (Å²) in [6, 6.07) is 54.8. The lowest BCUT2D eigenvalue weighted by Gasteiger charge is -2.11. The predicted molar refractivity (Wildman–Crippen MR) is 192 cm³/mol. The fourth-order valence-electron chi connectivity index (χ4n) is 7.07. The van der Waals surface area contributed by atoms with Gasteiger partial charge < -0.3 is 8.83 Å². The molecule has 220 valence electrons. The summed E-state index contributed by atoms with van der Waals surface area (Å²) >= 11 is 0. The van der Waals surface area contributed by atoms with E-state index in [0.717, 1.165) is 94.2 Å². The van der Waals surface area contributed by atoms with Gasteiger partial charge in [0.05, 0.1) is 16.7 Å². The smallest absolute Gasteiger partial charge is 0.146 e. The molecule has 0 saturated heterocycles. The van der Waals surface area contributed by atoms with Gasteiger partial charge >= 0.3 is 0 Å². The van der Waals surface area contributed by atoms with Gasteiger partial charge in [0, 0.05) is 38.7 Å². The summed E-state index contributed by atoms with van der Waals surface area (Å²) in [6.07, 6.45) is 0. The monoisotopic (exact) mass is 602 g/mol. The highest BCUT2D eigenvalue weighted by atomic mass is 16.3. The first kappa shape index (κ1) is 25.9. The van der Waals surface area contributed by atoms with E-state index in [4.69, 9.17) is 13.8 Å². The van der Waals surface area contributed by atoms with E-state index < -0.39 is 0 Å². The quantitative estimate of drug-likeness (QED) is 0.201. The number of para-hydroxylation sites is 3. The Morgan fingerprint density at radius 2 is 1.17 bits per heavy atom. The zero-order valence-corrected chi connectivity index (χ0v) is 25.2. The fraction of sp³-hybridized carbons (Fsp3) is 0. The lowest BCUT2D eigenvalue weighted by molar-refractivity contribution is 0.668. The molecule has 0 saturated carbocycles. The number of furan rings is 2. The Balaban J connectivity index is 1.28. The van der Waals surface area contributed by atoms with Gasteiger partial charge in [0.25, 0.3) is 0 Å². The Morgan fingerprint density at radius 3 is 2.04 bits per heavy atom. The maximum absolute atomic E-state index is 6.75.